The summed E-state index contributed by atoms with van der Waals surface area (Å²) in [6.45, 7) is 1.37. The summed E-state index contributed by atoms with van der Waals surface area (Å²) < 4.78 is 5.55. The van der Waals surface area contributed by atoms with Crippen molar-refractivity contribution >= 4 is 33.6 Å². The van der Waals surface area contributed by atoms with Crippen LogP contribution in [0.1, 0.15) is 33.2 Å². The zero-order chi connectivity index (χ0) is 18.2. The summed E-state index contributed by atoms with van der Waals surface area (Å²) in [6.07, 6.45) is 0.890. The van der Waals surface area contributed by atoms with Gasteiger partial charge in [0, 0.05) is 10.0 Å². The van der Waals surface area contributed by atoms with Gasteiger partial charge >= 0.3 is 5.97 Å². The van der Waals surface area contributed by atoms with E-state index in [1.165, 1.54) is 0 Å². The maximum atomic E-state index is 12.0. The second-order valence-electron chi connectivity index (χ2n) is 5.30. The number of rotatable bonds is 7. The topological polar surface area (TPSA) is 72.5 Å². The number of hydrogen-bond donors (Lipinski definition) is 1. The summed E-state index contributed by atoms with van der Waals surface area (Å²) in [5, 5.41) is 2.46. The van der Waals surface area contributed by atoms with Crippen LogP contribution in [-0.2, 0) is 16.0 Å². The van der Waals surface area contributed by atoms with E-state index in [0.717, 1.165) is 12.0 Å². The van der Waals surface area contributed by atoms with Crippen molar-refractivity contribution in [2.75, 3.05) is 13.2 Å². The summed E-state index contributed by atoms with van der Waals surface area (Å²) >= 11 is 3.27. The molecule has 5 nitrogen and oxygen atoms in total. The molecule has 0 aromatic heterocycles. The predicted molar refractivity (Wildman–Crippen MR) is 97.6 cm³/mol. The first-order valence-corrected chi connectivity index (χ1v) is 8.61. The number of nitrogens with one attached hydrogen (secondary N) is 1. The maximum absolute atomic E-state index is 12.0. The van der Waals surface area contributed by atoms with Crippen LogP contribution in [0.4, 0.5) is 0 Å². The minimum atomic E-state index is -0.668. The van der Waals surface area contributed by atoms with Gasteiger partial charge in [-0.3, -0.25) is 14.4 Å². The van der Waals surface area contributed by atoms with E-state index in [2.05, 4.69) is 21.2 Å². The van der Waals surface area contributed by atoms with Crippen molar-refractivity contribution in [2.24, 2.45) is 0 Å². The average Bonchev–Trinajstić information content (AvgIpc) is 2.64. The molecule has 25 heavy (non-hydrogen) atoms. The van der Waals surface area contributed by atoms with E-state index in [0.29, 0.717) is 15.6 Å². The molecular formula is C19H18BrNO4. The summed E-state index contributed by atoms with van der Waals surface area (Å²) in [5.74, 6) is -1.35. The summed E-state index contributed by atoms with van der Waals surface area (Å²) in [5.41, 5.74) is 2.04. The third-order valence-electron chi connectivity index (χ3n) is 3.56. The highest BCUT2D eigenvalue weighted by Gasteiger charge is 2.13. The lowest BCUT2D eigenvalue weighted by Gasteiger charge is -2.07. The smallest absolute Gasteiger partial charge is 0.325 e. The second-order valence-corrected chi connectivity index (χ2v) is 6.15. The fourth-order valence-electron chi connectivity index (χ4n) is 2.10. The van der Waals surface area contributed by atoms with Gasteiger partial charge in [-0.05, 0) is 40.0 Å². The van der Waals surface area contributed by atoms with Crippen molar-refractivity contribution in [3.05, 3.63) is 69.7 Å². The Labute approximate surface area is 154 Å². The van der Waals surface area contributed by atoms with Crippen molar-refractivity contribution in [1.82, 2.24) is 5.32 Å². The van der Waals surface area contributed by atoms with Crippen molar-refractivity contribution in [2.45, 2.75) is 13.3 Å². The summed E-state index contributed by atoms with van der Waals surface area (Å²) in [7, 11) is 0. The molecule has 0 heterocycles. The SMILES string of the molecule is CCc1ccc(C(=O)COC(=O)CNC(=O)c2ccccc2Br)cc1. The van der Waals surface area contributed by atoms with Gasteiger partial charge in [-0.1, -0.05) is 43.3 Å². The highest BCUT2D eigenvalue weighted by molar-refractivity contribution is 9.10. The van der Waals surface area contributed by atoms with E-state index in [-0.39, 0.29) is 18.9 Å². The number of carbonyl (C=O) groups is 3. The maximum Gasteiger partial charge on any atom is 0.325 e. The van der Waals surface area contributed by atoms with Crippen molar-refractivity contribution in [3.8, 4) is 0 Å². The lowest BCUT2D eigenvalue weighted by molar-refractivity contribution is -0.141. The summed E-state index contributed by atoms with van der Waals surface area (Å²) in [6, 6.07) is 14.0. The van der Waals surface area contributed by atoms with Crippen LogP contribution >= 0.6 is 15.9 Å². The Morgan fingerprint density at radius 2 is 1.72 bits per heavy atom. The van der Waals surface area contributed by atoms with Gasteiger partial charge in [0.15, 0.2) is 12.4 Å². The van der Waals surface area contributed by atoms with Gasteiger partial charge in [0.05, 0.1) is 5.56 Å². The summed E-state index contributed by atoms with van der Waals surface area (Å²) in [4.78, 5) is 35.7. The normalized spacial score (nSPS) is 10.2. The molecule has 1 N–H and O–H groups in total. The number of amides is 1. The number of carbonyl (C=O) groups excluding carboxylic acids is 3. The largest absolute Gasteiger partial charge is 0.456 e. The van der Waals surface area contributed by atoms with Crippen molar-refractivity contribution < 1.29 is 19.1 Å². The molecule has 130 valence electrons. The molecule has 0 aliphatic heterocycles. The zero-order valence-electron chi connectivity index (χ0n) is 13.8. The van der Waals surface area contributed by atoms with Crippen molar-refractivity contribution in [1.29, 1.82) is 0 Å². The highest BCUT2D eigenvalue weighted by Crippen LogP contribution is 2.15. The fourth-order valence-corrected chi connectivity index (χ4v) is 2.56. The minimum absolute atomic E-state index is 0.284. The lowest BCUT2D eigenvalue weighted by atomic mass is 10.1. The Hall–Kier alpha value is -2.47. The number of ketones is 1. The second kappa shape index (κ2) is 9.13. The van der Waals surface area contributed by atoms with Gasteiger partial charge in [-0.2, -0.15) is 0 Å². The first-order valence-electron chi connectivity index (χ1n) is 7.81. The Morgan fingerprint density at radius 1 is 1.04 bits per heavy atom. The zero-order valence-corrected chi connectivity index (χ0v) is 15.3. The Kier molecular flexibility index (Phi) is 6.89. The van der Waals surface area contributed by atoms with Crippen LogP contribution in [0.25, 0.3) is 0 Å². The van der Waals surface area contributed by atoms with E-state index in [4.69, 9.17) is 4.74 Å². The van der Waals surface area contributed by atoms with Crippen LogP contribution in [0.5, 0.6) is 0 Å². The van der Waals surface area contributed by atoms with Gasteiger partial charge in [-0.15, -0.1) is 0 Å². The monoisotopic (exact) mass is 403 g/mol. The molecule has 6 heteroatoms. The third kappa shape index (κ3) is 5.53. The van der Waals surface area contributed by atoms with Gasteiger partial charge in [0.1, 0.15) is 6.54 Å². The molecule has 2 rings (SSSR count). The number of hydrogen-bond acceptors (Lipinski definition) is 4. The van der Waals surface area contributed by atoms with E-state index in [1.807, 2.05) is 19.1 Å². The van der Waals surface area contributed by atoms with E-state index in [9.17, 15) is 14.4 Å². The van der Waals surface area contributed by atoms with Crippen LogP contribution in [0.15, 0.2) is 53.0 Å². The number of aryl methyl sites for hydroxylation is 1. The molecule has 0 unspecified atom stereocenters. The van der Waals surface area contributed by atoms with Gasteiger partial charge in [0.2, 0.25) is 0 Å². The van der Waals surface area contributed by atoms with E-state index < -0.39 is 11.9 Å². The highest BCUT2D eigenvalue weighted by atomic mass is 79.9. The number of Topliss-reactive ketones (excluding diaryl/α,β-unsaturated/α-hetero) is 1. The Morgan fingerprint density at radius 3 is 2.36 bits per heavy atom. The molecule has 0 saturated heterocycles. The molecule has 0 saturated carbocycles. The third-order valence-corrected chi connectivity index (χ3v) is 4.25. The molecular weight excluding hydrogens is 386 g/mol. The van der Waals surface area contributed by atoms with E-state index >= 15 is 0 Å². The molecule has 0 atom stereocenters. The molecule has 1 amide bonds. The van der Waals surface area contributed by atoms with Crippen molar-refractivity contribution in [3.63, 3.8) is 0 Å². The van der Waals surface area contributed by atoms with Gasteiger partial charge in [0.25, 0.3) is 5.91 Å². The Bertz CT molecular complexity index is 771. The number of esters is 1. The molecule has 2 aromatic rings. The predicted octanol–water partition coefficient (Wildman–Crippen LogP) is 3.17. The lowest BCUT2D eigenvalue weighted by Crippen LogP contribution is -2.31. The van der Waals surface area contributed by atoms with Crippen LogP contribution in [0, 0.1) is 0 Å². The number of ether oxygens (including phenoxy) is 1. The van der Waals surface area contributed by atoms with Crippen LogP contribution in [0.3, 0.4) is 0 Å². The number of halogens is 1. The first-order chi connectivity index (χ1) is 12.0. The molecule has 0 fully saturated rings. The molecule has 0 spiro atoms. The molecule has 0 bridgehead atoms. The molecule has 0 radical (unpaired) electrons. The molecule has 2 aromatic carbocycles. The van der Waals surface area contributed by atoms with E-state index in [1.54, 1.807) is 36.4 Å². The Balaban J connectivity index is 1.79. The average molecular weight is 404 g/mol. The van der Waals surface area contributed by atoms with Gasteiger partial charge in [-0.25, -0.2) is 0 Å². The fraction of sp³-hybridized carbons (Fsp3) is 0.211. The standard InChI is InChI=1S/C19H18BrNO4/c1-2-13-7-9-14(10-8-13)17(22)12-25-18(23)11-21-19(24)15-5-3-4-6-16(15)20/h3-10H,2,11-12H2,1H3,(H,21,24). The quantitative estimate of drug-likeness (QED) is 0.569. The molecule has 0 aliphatic carbocycles. The van der Waals surface area contributed by atoms with Crippen LogP contribution in [-0.4, -0.2) is 30.8 Å². The van der Waals surface area contributed by atoms with Crippen LogP contribution < -0.4 is 5.32 Å². The molecule has 0 aliphatic rings. The van der Waals surface area contributed by atoms with Gasteiger partial charge < -0.3 is 10.1 Å². The minimum Gasteiger partial charge on any atom is -0.456 e. The van der Waals surface area contributed by atoms with Crippen LogP contribution in [0.2, 0.25) is 0 Å². The number of benzene rings is 2. The first kappa shape index (κ1) is 18.9.